The molecule has 0 spiro atoms. The van der Waals surface area contributed by atoms with Crippen molar-refractivity contribution >= 4 is 17.3 Å². The summed E-state index contributed by atoms with van der Waals surface area (Å²) in [6.07, 6.45) is 2.79. The van der Waals surface area contributed by atoms with Crippen molar-refractivity contribution in [2.75, 3.05) is 11.9 Å². The fourth-order valence-electron chi connectivity index (χ4n) is 2.13. The summed E-state index contributed by atoms with van der Waals surface area (Å²) in [5.74, 6) is -0.848. The molecule has 0 atom stereocenters. The maximum atomic E-state index is 13.3. The van der Waals surface area contributed by atoms with E-state index in [1.165, 1.54) is 12.1 Å². The standard InChI is InChI=1S/C14H17FN2O3/c15-12-3-1-2-4-13(12)16-14(18)9-20-11-7-5-10(17-19)6-8-11/h1-4,11,19H,5-9H2,(H,16,18). The van der Waals surface area contributed by atoms with Crippen molar-refractivity contribution in [1.82, 2.24) is 0 Å². The smallest absolute Gasteiger partial charge is 0.250 e. The Kier molecular flexibility index (Phi) is 5.06. The van der Waals surface area contributed by atoms with Crippen LogP contribution in [0, 0.1) is 5.82 Å². The van der Waals surface area contributed by atoms with Crippen LogP contribution in [0.2, 0.25) is 0 Å². The van der Waals surface area contributed by atoms with Gasteiger partial charge in [-0.3, -0.25) is 4.79 Å². The predicted molar refractivity (Wildman–Crippen MR) is 72.5 cm³/mol. The van der Waals surface area contributed by atoms with Crippen LogP contribution in [0.5, 0.6) is 0 Å². The van der Waals surface area contributed by atoms with E-state index in [-0.39, 0.29) is 24.3 Å². The third-order valence-electron chi connectivity index (χ3n) is 3.25. The second kappa shape index (κ2) is 7.00. The first kappa shape index (κ1) is 14.5. The SMILES string of the molecule is O=C(COC1CCC(=NO)CC1)Nc1ccccc1F. The average Bonchev–Trinajstić information content (AvgIpc) is 2.48. The lowest BCUT2D eigenvalue weighted by Gasteiger charge is -2.22. The molecule has 2 rings (SSSR count). The van der Waals surface area contributed by atoms with Gasteiger partial charge in [0.05, 0.1) is 17.5 Å². The van der Waals surface area contributed by atoms with E-state index in [0.717, 1.165) is 18.6 Å². The predicted octanol–water partition coefficient (Wildman–Crippen LogP) is 2.55. The van der Waals surface area contributed by atoms with Gasteiger partial charge in [0, 0.05) is 0 Å². The number of carbonyl (C=O) groups excluding carboxylic acids is 1. The molecule has 6 heteroatoms. The van der Waals surface area contributed by atoms with Crippen LogP contribution in [0.1, 0.15) is 25.7 Å². The molecule has 0 bridgehead atoms. The lowest BCUT2D eigenvalue weighted by Crippen LogP contribution is -2.27. The van der Waals surface area contributed by atoms with Crippen LogP contribution in [0.3, 0.4) is 0 Å². The van der Waals surface area contributed by atoms with Gasteiger partial charge < -0.3 is 15.3 Å². The number of rotatable bonds is 4. The van der Waals surface area contributed by atoms with Crippen molar-refractivity contribution < 1.29 is 19.1 Å². The summed E-state index contributed by atoms with van der Waals surface area (Å²) < 4.78 is 18.8. The Labute approximate surface area is 116 Å². The first-order valence-corrected chi connectivity index (χ1v) is 6.55. The average molecular weight is 280 g/mol. The molecular weight excluding hydrogens is 263 g/mol. The van der Waals surface area contributed by atoms with Gasteiger partial charge >= 0.3 is 0 Å². The Balaban J connectivity index is 1.75. The largest absolute Gasteiger partial charge is 0.411 e. The maximum absolute atomic E-state index is 13.3. The molecule has 1 aliphatic rings. The molecule has 5 nitrogen and oxygen atoms in total. The molecule has 1 aromatic rings. The van der Waals surface area contributed by atoms with Gasteiger partial charge in [0.15, 0.2) is 0 Å². The van der Waals surface area contributed by atoms with E-state index in [9.17, 15) is 9.18 Å². The van der Waals surface area contributed by atoms with E-state index in [4.69, 9.17) is 9.94 Å². The van der Waals surface area contributed by atoms with E-state index in [0.29, 0.717) is 12.8 Å². The van der Waals surface area contributed by atoms with Crippen molar-refractivity contribution in [2.24, 2.45) is 5.16 Å². The number of amides is 1. The zero-order chi connectivity index (χ0) is 14.4. The fourth-order valence-corrected chi connectivity index (χ4v) is 2.13. The molecule has 2 N–H and O–H groups in total. The fraction of sp³-hybridized carbons (Fsp3) is 0.429. The molecule has 1 aliphatic carbocycles. The lowest BCUT2D eigenvalue weighted by molar-refractivity contribution is -0.122. The third-order valence-corrected chi connectivity index (χ3v) is 3.25. The molecule has 1 aromatic carbocycles. The molecule has 108 valence electrons. The highest BCUT2D eigenvalue weighted by molar-refractivity contribution is 5.91. The van der Waals surface area contributed by atoms with Gasteiger partial charge in [0.25, 0.3) is 0 Å². The first-order valence-electron chi connectivity index (χ1n) is 6.55. The highest BCUT2D eigenvalue weighted by Gasteiger charge is 2.19. The Morgan fingerprint density at radius 1 is 1.40 bits per heavy atom. The van der Waals surface area contributed by atoms with Gasteiger partial charge in [-0.15, -0.1) is 0 Å². The molecule has 20 heavy (non-hydrogen) atoms. The van der Waals surface area contributed by atoms with Gasteiger partial charge in [-0.1, -0.05) is 17.3 Å². The highest BCUT2D eigenvalue weighted by Crippen LogP contribution is 2.19. The number of para-hydroxylation sites is 1. The highest BCUT2D eigenvalue weighted by atomic mass is 19.1. The van der Waals surface area contributed by atoms with Crippen molar-refractivity contribution in [3.63, 3.8) is 0 Å². The Bertz CT molecular complexity index is 495. The summed E-state index contributed by atoms with van der Waals surface area (Å²) in [5, 5.41) is 14.3. The molecule has 0 unspecified atom stereocenters. The second-order valence-electron chi connectivity index (χ2n) is 4.70. The number of halogens is 1. The van der Waals surface area contributed by atoms with Crippen molar-refractivity contribution in [2.45, 2.75) is 31.8 Å². The number of nitrogens with one attached hydrogen (secondary N) is 1. The second-order valence-corrected chi connectivity index (χ2v) is 4.70. The van der Waals surface area contributed by atoms with E-state index in [1.807, 2.05) is 0 Å². The molecule has 0 radical (unpaired) electrons. The van der Waals surface area contributed by atoms with Crippen LogP contribution < -0.4 is 5.32 Å². The Morgan fingerprint density at radius 2 is 2.10 bits per heavy atom. The summed E-state index contributed by atoms with van der Waals surface area (Å²) >= 11 is 0. The number of hydrogen-bond acceptors (Lipinski definition) is 4. The zero-order valence-corrected chi connectivity index (χ0v) is 11.0. The van der Waals surface area contributed by atoms with Gasteiger partial charge in [0.1, 0.15) is 12.4 Å². The van der Waals surface area contributed by atoms with Crippen LogP contribution in [-0.4, -0.2) is 29.5 Å². The summed E-state index contributed by atoms with van der Waals surface area (Å²) in [4.78, 5) is 11.7. The topological polar surface area (TPSA) is 70.9 Å². The number of hydrogen-bond donors (Lipinski definition) is 2. The zero-order valence-electron chi connectivity index (χ0n) is 11.0. The first-order chi connectivity index (χ1) is 9.69. The van der Waals surface area contributed by atoms with Crippen LogP contribution in [-0.2, 0) is 9.53 Å². The van der Waals surface area contributed by atoms with E-state index >= 15 is 0 Å². The molecule has 1 fully saturated rings. The van der Waals surface area contributed by atoms with Gasteiger partial charge in [-0.2, -0.15) is 0 Å². The summed E-state index contributed by atoms with van der Waals surface area (Å²) in [7, 11) is 0. The van der Waals surface area contributed by atoms with Crippen LogP contribution in [0.25, 0.3) is 0 Å². The Morgan fingerprint density at radius 3 is 2.75 bits per heavy atom. The van der Waals surface area contributed by atoms with Crippen LogP contribution in [0.15, 0.2) is 29.4 Å². The van der Waals surface area contributed by atoms with Gasteiger partial charge in [-0.25, -0.2) is 4.39 Å². The molecule has 0 saturated heterocycles. The van der Waals surface area contributed by atoms with Gasteiger partial charge in [0.2, 0.25) is 5.91 Å². The number of nitrogens with zero attached hydrogens (tertiary/aromatic N) is 1. The lowest BCUT2D eigenvalue weighted by atomic mass is 9.96. The van der Waals surface area contributed by atoms with Crippen molar-refractivity contribution in [3.05, 3.63) is 30.1 Å². The third kappa shape index (κ3) is 4.03. The minimum atomic E-state index is -0.470. The number of benzene rings is 1. The molecule has 0 aromatic heterocycles. The molecular formula is C14H17FN2O3. The number of ether oxygens (including phenoxy) is 1. The monoisotopic (exact) mass is 280 g/mol. The minimum absolute atomic E-state index is 0.0214. The summed E-state index contributed by atoms with van der Waals surface area (Å²) in [6.45, 7) is -0.107. The van der Waals surface area contributed by atoms with Crippen LogP contribution >= 0.6 is 0 Å². The molecule has 0 heterocycles. The molecule has 0 aliphatic heterocycles. The van der Waals surface area contributed by atoms with E-state index in [1.54, 1.807) is 12.1 Å². The quantitative estimate of drug-likeness (QED) is 0.657. The number of carbonyl (C=O) groups is 1. The number of anilines is 1. The van der Waals surface area contributed by atoms with Crippen molar-refractivity contribution in [3.8, 4) is 0 Å². The van der Waals surface area contributed by atoms with E-state index < -0.39 is 5.82 Å². The number of oxime groups is 1. The maximum Gasteiger partial charge on any atom is 0.250 e. The van der Waals surface area contributed by atoms with Gasteiger partial charge in [-0.05, 0) is 37.8 Å². The molecule has 1 amide bonds. The summed E-state index contributed by atoms with van der Waals surface area (Å²) in [5.41, 5.74) is 0.917. The molecule has 1 saturated carbocycles. The minimum Gasteiger partial charge on any atom is -0.411 e. The summed E-state index contributed by atoms with van der Waals surface area (Å²) in [6, 6.07) is 5.99. The van der Waals surface area contributed by atoms with E-state index in [2.05, 4.69) is 10.5 Å². The van der Waals surface area contributed by atoms with Crippen LogP contribution in [0.4, 0.5) is 10.1 Å². The normalized spacial score (nSPS) is 18.6. The Hall–Kier alpha value is -1.95. The van der Waals surface area contributed by atoms with Crippen molar-refractivity contribution in [1.29, 1.82) is 0 Å².